The van der Waals surface area contributed by atoms with Gasteiger partial charge in [-0.3, -0.25) is 0 Å². The standard InChI is InChI=1S/C14H11IN4/c15-14-2-1-12(8-18-5-3-16-10-18)13(7-14)9-19-6-4-17-11-19/h1-11H. The zero-order chi connectivity index (χ0) is 13.1. The summed E-state index contributed by atoms with van der Waals surface area (Å²) < 4.78 is 5.08. The molecule has 0 atom stereocenters. The lowest BCUT2D eigenvalue weighted by Crippen LogP contribution is -2.26. The van der Waals surface area contributed by atoms with Crippen LogP contribution in [-0.2, 0) is 0 Å². The van der Waals surface area contributed by atoms with E-state index in [1.54, 1.807) is 25.0 Å². The van der Waals surface area contributed by atoms with Gasteiger partial charge in [0.05, 0.1) is 12.7 Å². The molecule has 0 bridgehead atoms. The van der Waals surface area contributed by atoms with Crippen molar-refractivity contribution in [3.8, 4) is 0 Å². The number of hydrogen-bond donors (Lipinski definition) is 0. The number of rotatable bonds is 2. The summed E-state index contributed by atoms with van der Waals surface area (Å²) in [4.78, 5) is 8.10. The molecule has 0 unspecified atom stereocenters. The SMILES string of the molecule is Ic1ccc(=Cn2ccnc2)c(=Cn2ccnc2)c1. The van der Waals surface area contributed by atoms with Crippen LogP contribution in [0.3, 0.4) is 0 Å². The summed E-state index contributed by atoms with van der Waals surface area (Å²) in [6, 6.07) is 6.34. The molecule has 4 nitrogen and oxygen atoms in total. The van der Waals surface area contributed by atoms with Crippen LogP contribution >= 0.6 is 22.6 Å². The third-order valence-corrected chi connectivity index (χ3v) is 3.35. The highest BCUT2D eigenvalue weighted by atomic mass is 127. The second-order valence-electron chi connectivity index (χ2n) is 4.05. The van der Waals surface area contributed by atoms with Crippen molar-refractivity contribution < 1.29 is 0 Å². The second kappa shape index (κ2) is 5.40. The molecule has 2 heterocycles. The Kier molecular flexibility index (Phi) is 3.45. The lowest BCUT2D eigenvalue weighted by molar-refractivity contribution is 1.11. The van der Waals surface area contributed by atoms with Gasteiger partial charge in [-0.15, -0.1) is 0 Å². The molecule has 0 N–H and O–H groups in total. The van der Waals surface area contributed by atoms with Crippen LogP contribution in [0, 0.1) is 3.57 Å². The Morgan fingerprint density at radius 2 is 1.53 bits per heavy atom. The summed E-state index contributed by atoms with van der Waals surface area (Å²) in [5.41, 5.74) is 0. The Balaban J connectivity index is 2.21. The van der Waals surface area contributed by atoms with Crippen molar-refractivity contribution in [3.05, 3.63) is 69.6 Å². The van der Waals surface area contributed by atoms with E-state index in [0.717, 1.165) is 10.4 Å². The van der Waals surface area contributed by atoms with Gasteiger partial charge in [-0.05, 0) is 39.9 Å². The Morgan fingerprint density at radius 1 is 0.895 bits per heavy atom. The largest absolute Gasteiger partial charge is 0.313 e. The first-order valence-electron chi connectivity index (χ1n) is 5.75. The number of hydrogen-bond acceptors (Lipinski definition) is 2. The molecule has 0 aliphatic rings. The molecule has 0 radical (unpaired) electrons. The minimum Gasteiger partial charge on any atom is -0.313 e. The maximum atomic E-state index is 4.05. The Labute approximate surface area is 123 Å². The van der Waals surface area contributed by atoms with Crippen molar-refractivity contribution in [1.29, 1.82) is 0 Å². The van der Waals surface area contributed by atoms with Gasteiger partial charge in [-0.25, -0.2) is 9.97 Å². The zero-order valence-electron chi connectivity index (χ0n) is 10.0. The molecular formula is C14H11IN4. The lowest BCUT2D eigenvalue weighted by Gasteiger charge is -1.97. The topological polar surface area (TPSA) is 35.6 Å². The summed E-state index contributed by atoms with van der Waals surface area (Å²) in [7, 11) is 0. The molecule has 19 heavy (non-hydrogen) atoms. The van der Waals surface area contributed by atoms with Crippen LogP contribution in [0.2, 0.25) is 0 Å². The van der Waals surface area contributed by atoms with E-state index in [1.165, 1.54) is 3.57 Å². The Hall–Kier alpha value is -1.89. The summed E-state index contributed by atoms with van der Waals surface area (Å²) in [6.07, 6.45) is 15.0. The van der Waals surface area contributed by atoms with E-state index in [1.807, 2.05) is 27.7 Å². The average molecular weight is 362 g/mol. The van der Waals surface area contributed by atoms with E-state index in [0.29, 0.717) is 0 Å². The minimum atomic E-state index is 1.13. The fraction of sp³-hybridized carbons (Fsp3) is 0. The predicted octanol–water partition coefficient (Wildman–Crippen LogP) is 1.26. The fourth-order valence-electron chi connectivity index (χ4n) is 1.79. The number of halogens is 1. The molecule has 5 heteroatoms. The van der Waals surface area contributed by atoms with Crippen LogP contribution in [0.25, 0.3) is 12.4 Å². The lowest BCUT2D eigenvalue weighted by atomic mass is 10.2. The maximum Gasteiger partial charge on any atom is 0.0986 e. The molecule has 3 rings (SSSR count). The molecular weight excluding hydrogens is 351 g/mol. The number of imidazole rings is 2. The van der Waals surface area contributed by atoms with Gasteiger partial charge in [0.1, 0.15) is 0 Å². The van der Waals surface area contributed by atoms with Crippen molar-refractivity contribution in [2.45, 2.75) is 0 Å². The molecule has 0 aliphatic heterocycles. The van der Waals surface area contributed by atoms with Gasteiger partial charge in [0.25, 0.3) is 0 Å². The molecule has 0 saturated carbocycles. The number of benzene rings is 1. The van der Waals surface area contributed by atoms with E-state index in [2.05, 4.69) is 57.0 Å². The van der Waals surface area contributed by atoms with Gasteiger partial charge in [0.2, 0.25) is 0 Å². The van der Waals surface area contributed by atoms with E-state index in [4.69, 9.17) is 0 Å². The van der Waals surface area contributed by atoms with Crippen molar-refractivity contribution >= 4 is 35.0 Å². The van der Waals surface area contributed by atoms with Crippen LogP contribution in [-0.4, -0.2) is 19.1 Å². The number of aromatic nitrogens is 4. The molecule has 0 aliphatic carbocycles. The monoisotopic (exact) mass is 362 g/mol. The predicted molar refractivity (Wildman–Crippen MR) is 82.6 cm³/mol. The van der Waals surface area contributed by atoms with Gasteiger partial charge in [-0.1, -0.05) is 6.07 Å². The number of nitrogens with zero attached hydrogens (tertiary/aromatic N) is 4. The van der Waals surface area contributed by atoms with Crippen LogP contribution in [0.1, 0.15) is 0 Å². The van der Waals surface area contributed by atoms with Crippen LogP contribution in [0.4, 0.5) is 0 Å². The summed E-state index contributed by atoms with van der Waals surface area (Å²) in [5.74, 6) is 0. The molecule has 0 fully saturated rings. The fourth-order valence-corrected chi connectivity index (χ4v) is 2.30. The normalized spacial score (nSPS) is 13.1. The van der Waals surface area contributed by atoms with E-state index < -0.39 is 0 Å². The summed E-state index contributed by atoms with van der Waals surface area (Å²) in [6.45, 7) is 0. The average Bonchev–Trinajstić information content (AvgIpc) is 3.05. The van der Waals surface area contributed by atoms with Gasteiger partial charge >= 0.3 is 0 Å². The quantitative estimate of drug-likeness (QED) is 0.644. The van der Waals surface area contributed by atoms with E-state index in [9.17, 15) is 0 Å². The van der Waals surface area contributed by atoms with Gasteiger partial charge < -0.3 is 9.13 Å². The zero-order valence-corrected chi connectivity index (χ0v) is 12.2. The maximum absolute atomic E-state index is 4.05. The van der Waals surface area contributed by atoms with E-state index >= 15 is 0 Å². The van der Waals surface area contributed by atoms with Gasteiger partial charge in [0, 0.05) is 46.0 Å². The van der Waals surface area contributed by atoms with Crippen LogP contribution < -0.4 is 10.4 Å². The molecule has 3 aromatic rings. The van der Waals surface area contributed by atoms with Gasteiger partial charge in [0.15, 0.2) is 0 Å². The summed E-state index contributed by atoms with van der Waals surface area (Å²) >= 11 is 2.32. The highest BCUT2D eigenvalue weighted by Crippen LogP contribution is 1.96. The molecule has 0 spiro atoms. The first kappa shape index (κ1) is 12.2. The molecule has 1 aromatic carbocycles. The Bertz CT molecular complexity index is 773. The third-order valence-electron chi connectivity index (χ3n) is 2.67. The van der Waals surface area contributed by atoms with E-state index in [-0.39, 0.29) is 0 Å². The first-order valence-corrected chi connectivity index (χ1v) is 6.83. The molecule has 0 amide bonds. The van der Waals surface area contributed by atoms with Crippen molar-refractivity contribution in [2.75, 3.05) is 0 Å². The Morgan fingerprint density at radius 3 is 2.11 bits per heavy atom. The first-order chi connectivity index (χ1) is 9.31. The van der Waals surface area contributed by atoms with Crippen LogP contribution in [0.15, 0.2) is 55.6 Å². The van der Waals surface area contributed by atoms with Crippen LogP contribution in [0.5, 0.6) is 0 Å². The molecule has 94 valence electrons. The highest BCUT2D eigenvalue weighted by molar-refractivity contribution is 14.1. The van der Waals surface area contributed by atoms with Crippen molar-refractivity contribution in [3.63, 3.8) is 0 Å². The summed E-state index contributed by atoms with van der Waals surface area (Å²) in [5, 5.41) is 2.27. The molecule has 0 saturated heterocycles. The third kappa shape index (κ3) is 2.93. The van der Waals surface area contributed by atoms with Crippen molar-refractivity contribution in [2.24, 2.45) is 0 Å². The minimum absolute atomic E-state index is 1.13. The molecule has 2 aromatic heterocycles. The second-order valence-corrected chi connectivity index (χ2v) is 5.30. The highest BCUT2D eigenvalue weighted by Gasteiger charge is 1.91. The smallest absolute Gasteiger partial charge is 0.0986 e. The van der Waals surface area contributed by atoms with Crippen molar-refractivity contribution in [1.82, 2.24) is 19.1 Å². The van der Waals surface area contributed by atoms with Gasteiger partial charge in [-0.2, -0.15) is 0 Å².